The lowest BCUT2D eigenvalue weighted by molar-refractivity contribution is -0.140. The van der Waals surface area contributed by atoms with Crippen molar-refractivity contribution in [1.82, 2.24) is 16.2 Å². The zero-order valence-electron chi connectivity index (χ0n) is 15.2. The predicted molar refractivity (Wildman–Crippen MR) is 101 cm³/mol. The molecule has 0 unspecified atom stereocenters. The maximum atomic E-state index is 12.0. The summed E-state index contributed by atoms with van der Waals surface area (Å²) in [4.78, 5) is 35.1. The zero-order valence-corrected chi connectivity index (χ0v) is 15.2. The smallest absolute Gasteiger partial charge is 0.327 e. The molecule has 0 bridgehead atoms. The topological polar surface area (TPSA) is 100 Å². The van der Waals surface area contributed by atoms with Crippen LogP contribution in [0.1, 0.15) is 43.9 Å². The number of nitrogens with one attached hydrogen (secondary N) is 3. The van der Waals surface area contributed by atoms with E-state index in [0.29, 0.717) is 0 Å². The average Bonchev–Trinajstić information content (AvgIpc) is 3.41. The number of furan rings is 1. The fourth-order valence-corrected chi connectivity index (χ4v) is 2.68. The Balaban J connectivity index is 1.63. The van der Waals surface area contributed by atoms with Gasteiger partial charge in [0, 0.05) is 29.5 Å². The van der Waals surface area contributed by atoms with Crippen molar-refractivity contribution >= 4 is 34.8 Å². The summed E-state index contributed by atoms with van der Waals surface area (Å²) in [5.41, 5.74) is 5.95. The minimum Gasteiger partial charge on any atom is -0.460 e. The van der Waals surface area contributed by atoms with Crippen LogP contribution in [0.2, 0.25) is 0 Å². The number of hydrazine groups is 1. The van der Waals surface area contributed by atoms with E-state index in [1.807, 2.05) is 24.3 Å². The Morgan fingerprint density at radius 2 is 1.93 bits per heavy atom. The molecule has 3 amide bonds. The molecule has 1 aliphatic carbocycles. The van der Waals surface area contributed by atoms with Gasteiger partial charge in [-0.3, -0.25) is 25.2 Å². The van der Waals surface area contributed by atoms with Gasteiger partial charge in [0.1, 0.15) is 11.3 Å². The third-order valence-corrected chi connectivity index (χ3v) is 4.29. The molecule has 1 aromatic heterocycles. The fourth-order valence-electron chi connectivity index (χ4n) is 2.68. The lowest BCUT2D eigenvalue weighted by Crippen LogP contribution is -2.48. The van der Waals surface area contributed by atoms with Crippen LogP contribution in [0.25, 0.3) is 17.0 Å². The molecule has 0 saturated heterocycles. The standard InChI is InChI=1S/C20H23N3O4/c1-2-3-7-16-15(14-6-4-5-8-17(14)27-16)11-12-18(24)22-23-20(26)19(25)21-13-9-10-13/h4-6,8,11-13H,2-3,7,9-10H2,1H3,(H,21,25)(H,22,24)(H,23,26)/b12-11+. The second-order valence-electron chi connectivity index (χ2n) is 6.56. The molecule has 1 aromatic carbocycles. The van der Waals surface area contributed by atoms with Crippen LogP contribution in [0.15, 0.2) is 34.8 Å². The first-order chi connectivity index (χ1) is 13.1. The molecular formula is C20H23N3O4. The van der Waals surface area contributed by atoms with E-state index in [-0.39, 0.29) is 6.04 Å². The number of rotatable bonds is 6. The van der Waals surface area contributed by atoms with E-state index in [0.717, 1.165) is 54.4 Å². The number of hydrogen-bond donors (Lipinski definition) is 3. The Morgan fingerprint density at radius 1 is 1.15 bits per heavy atom. The van der Waals surface area contributed by atoms with Gasteiger partial charge in [-0.05, 0) is 31.4 Å². The SMILES string of the molecule is CCCCc1oc2ccccc2c1/C=C/C(=O)NNC(=O)C(=O)NC1CC1. The van der Waals surface area contributed by atoms with Gasteiger partial charge in [-0.2, -0.15) is 0 Å². The van der Waals surface area contributed by atoms with Crippen LogP contribution in [-0.2, 0) is 20.8 Å². The van der Waals surface area contributed by atoms with Crippen LogP contribution in [0.5, 0.6) is 0 Å². The van der Waals surface area contributed by atoms with Crippen molar-refractivity contribution in [3.8, 4) is 0 Å². The molecule has 1 aliphatic rings. The Bertz CT molecular complexity index is 880. The first-order valence-corrected chi connectivity index (χ1v) is 9.17. The van der Waals surface area contributed by atoms with Gasteiger partial charge >= 0.3 is 11.8 Å². The molecule has 2 aromatic rings. The number of para-hydroxylation sites is 1. The van der Waals surface area contributed by atoms with Crippen LogP contribution in [0, 0.1) is 0 Å². The van der Waals surface area contributed by atoms with Crippen molar-refractivity contribution in [3.63, 3.8) is 0 Å². The summed E-state index contributed by atoms with van der Waals surface area (Å²) in [7, 11) is 0. The van der Waals surface area contributed by atoms with E-state index in [4.69, 9.17) is 4.42 Å². The molecule has 3 N–H and O–H groups in total. The minimum absolute atomic E-state index is 0.0785. The maximum Gasteiger partial charge on any atom is 0.327 e. The number of fused-ring (bicyclic) bond motifs is 1. The highest BCUT2D eigenvalue weighted by Gasteiger charge is 2.26. The zero-order chi connectivity index (χ0) is 19.2. The van der Waals surface area contributed by atoms with Crippen LogP contribution in [0.4, 0.5) is 0 Å². The summed E-state index contributed by atoms with van der Waals surface area (Å²) in [5.74, 6) is -1.34. The van der Waals surface area contributed by atoms with Crippen LogP contribution < -0.4 is 16.2 Å². The Kier molecular flexibility index (Phi) is 5.90. The van der Waals surface area contributed by atoms with Gasteiger partial charge in [-0.1, -0.05) is 31.5 Å². The third kappa shape index (κ3) is 4.97. The molecule has 0 spiro atoms. The predicted octanol–water partition coefficient (Wildman–Crippen LogP) is 2.21. The van der Waals surface area contributed by atoms with Crippen molar-refractivity contribution in [2.75, 3.05) is 0 Å². The molecule has 1 fully saturated rings. The Labute approximate surface area is 157 Å². The normalized spacial score (nSPS) is 13.7. The number of unbranched alkanes of at least 4 members (excludes halogenated alkanes) is 1. The van der Waals surface area contributed by atoms with Crippen molar-refractivity contribution < 1.29 is 18.8 Å². The summed E-state index contributed by atoms with van der Waals surface area (Å²) < 4.78 is 5.90. The molecule has 3 rings (SSSR count). The van der Waals surface area contributed by atoms with E-state index >= 15 is 0 Å². The van der Waals surface area contributed by atoms with Crippen LogP contribution in [-0.4, -0.2) is 23.8 Å². The van der Waals surface area contributed by atoms with E-state index in [1.165, 1.54) is 6.08 Å². The largest absolute Gasteiger partial charge is 0.460 e. The highest BCUT2D eigenvalue weighted by molar-refractivity contribution is 6.35. The lowest BCUT2D eigenvalue weighted by atomic mass is 10.1. The number of carbonyl (C=O) groups is 3. The number of amides is 3. The lowest BCUT2D eigenvalue weighted by Gasteiger charge is -2.05. The van der Waals surface area contributed by atoms with E-state index in [9.17, 15) is 14.4 Å². The van der Waals surface area contributed by atoms with Crippen LogP contribution >= 0.6 is 0 Å². The highest BCUT2D eigenvalue weighted by atomic mass is 16.3. The summed E-state index contributed by atoms with van der Waals surface area (Å²) in [6.45, 7) is 2.10. The van der Waals surface area contributed by atoms with Crippen LogP contribution in [0.3, 0.4) is 0 Å². The number of aryl methyl sites for hydroxylation is 1. The molecule has 7 heteroatoms. The van der Waals surface area contributed by atoms with Crippen molar-refractivity contribution in [2.45, 2.75) is 45.1 Å². The second-order valence-corrected chi connectivity index (χ2v) is 6.56. The van der Waals surface area contributed by atoms with Gasteiger partial charge in [0.25, 0.3) is 5.91 Å². The molecule has 142 valence electrons. The highest BCUT2D eigenvalue weighted by Crippen LogP contribution is 2.28. The first-order valence-electron chi connectivity index (χ1n) is 9.17. The van der Waals surface area contributed by atoms with Gasteiger partial charge in [0.05, 0.1) is 0 Å². The van der Waals surface area contributed by atoms with Gasteiger partial charge in [-0.15, -0.1) is 0 Å². The van der Waals surface area contributed by atoms with Crippen molar-refractivity contribution in [3.05, 3.63) is 41.7 Å². The maximum absolute atomic E-state index is 12.0. The summed E-state index contributed by atoms with van der Waals surface area (Å²) in [6, 6.07) is 7.72. The number of hydrogen-bond acceptors (Lipinski definition) is 4. The summed E-state index contributed by atoms with van der Waals surface area (Å²) in [6.07, 6.45) is 7.55. The van der Waals surface area contributed by atoms with E-state index in [1.54, 1.807) is 6.08 Å². The third-order valence-electron chi connectivity index (χ3n) is 4.29. The summed E-state index contributed by atoms with van der Waals surface area (Å²) >= 11 is 0. The average molecular weight is 369 g/mol. The molecule has 7 nitrogen and oxygen atoms in total. The van der Waals surface area contributed by atoms with Crippen molar-refractivity contribution in [1.29, 1.82) is 0 Å². The molecule has 1 heterocycles. The summed E-state index contributed by atoms with van der Waals surface area (Å²) in [5, 5.41) is 3.48. The van der Waals surface area contributed by atoms with Gasteiger partial charge < -0.3 is 9.73 Å². The molecule has 0 atom stereocenters. The minimum atomic E-state index is -0.888. The molecular weight excluding hydrogens is 346 g/mol. The molecule has 27 heavy (non-hydrogen) atoms. The molecule has 0 radical (unpaired) electrons. The van der Waals surface area contributed by atoms with E-state index < -0.39 is 17.7 Å². The van der Waals surface area contributed by atoms with Gasteiger partial charge in [-0.25, -0.2) is 0 Å². The molecule has 1 saturated carbocycles. The quantitative estimate of drug-likeness (QED) is 0.413. The second kappa shape index (κ2) is 8.53. The Morgan fingerprint density at radius 3 is 2.67 bits per heavy atom. The molecule has 0 aliphatic heterocycles. The number of benzene rings is 1. The monoisotopic (exact) mass is 369 g/mol. The Hall–Kier alpha value is -3.09. The van der Waals surface area contributed by atoms with Crippen molar-refractivity contribution in [2.24, 2.45) is 0 Å². The first kappa shape index (κ1) is 18.7. The fraction of sp³-hybridized carbons (Fsp3) is 0.350. The van der Waals surface area contributed by atoms with Gasteiger partial charge in [0.15, 0.2) is 0 Å². The van der Waals surface area contributed by atoms with Gasteiger partial charge in [0.2, 0.25) is 0 Å². The number of carbonyl (C=O) groups excluding carboxylic acids is 3. The van der Waals surface area contributed by atoms with E-state index in [2.05, 4.69) is 23.1 Å².